The fourth-order valence-corrected chi connectivity index (χ4v) is 3.12. The van der Waals surface area contributed by atoms with E-state index in [9.17, 15) is 14.4 Å². The summed E-state index contributed by atoms with van der Waals surface area (Å²) in [5, 5.41) is 0. The minimum Gasteiger partial charge on any atom is -0.461 e. The molecule has 0 bridgehead atoms. The van der Waals surface area contributed by atoms with Gasteiger partial charge in [-0.05, 0) is 44.9 Å². The summed E-state index contributed by atoms with van der Waals surface area (Å²) in [6, 6.07) is 4.46. The molecule has 28 heavy (non-hydrogen) atoms. The van der Waals surface area contributed by atoms with Crippen LogP contribution in [0.25, 0.3) is 0 Å². The third kappa shape index (κ3) is 3.95. The normalized spacial score (nSPS) is 20.8. The third-order valence-electron chi connectivity index (χ3n) is 4.31. The molecule has 0 radical (unpaired) electrons. The van der Waals surface area contributed by atoms with E-state index in [1.165, 1.54) is 6.08 Å². The highest BCUT2D eigenvalue weighted by molar-refractivity contribution is 6.06. The fourth-order valence-electron chi connectivity index (χ4n) is 3.12. The molecule has 150 valence electrons. The largest absolute Gasteiger partial charge is 0.461 e. The van der Waals surface area contributed by atoms with Gasteiger partial charge in [-0.25, -0.2) is 9.69 Å². The smallest absolute Gasteiger partial charge is 0.417 e. The van der Waals surface area contributed by atoms with Crippen molar-refractivity contribution in [3.8, 4) is 11.5 Å². The number of nitrogens with zero attached hydrogens (tertiary/aromatic N) is 1. The molecular weight excluding hydrogens is 366 g/mol. The van der Waals surface area contributed by atoms with E-state index >= 15 is 0 Å². The van der Waals surface area contributed by atoms with Crippen LogP contribution in [0.1, 0.15) is 38.8 Å². The molecule has 1 saturated heterocycles. The van der Waals surface area contributed by atoms with Crippen LogP contribution in [0.3, 0.4) is 0 Å². The summed E-state index contributed by atoms with van der Waals surface area (Å²) in [6.45, 7) is 8.70. The van der Waals surface area contributed by atoms with Gasteiger partial charge >= 0.3 is 12.1 Å². The Morgan fingerprint density at radius 1 is 1.29 bits per heavy atom. The van der Waals surface area contributed by atoms with Crippen molar-refractivity contribution in [1.82, 2.24) is 4.90 Å². The van der Waals surface area contributed by atoms with Crippen molar-refractivity contribution < 1.29 is 33.3 Å². The highest BCUT2D eigenvalue weighted by atomic mass is 16.7. The zero-order valence-corrected chi connectivity index (χ0v) is 16.1. The first-order chi connectivity index (χ1) is 13.2. The number of carbonyl (C=O) groups excluding carboxylic acids is 3. The minimum atomic E-state index is -1.09. The highest BCUT2D eigenvalue weighted by Crippen LogP contribution is 2.42. The molecule has 0 aromatic heterocycles. The van der Waals surface area contributed by atoms with E-state index in [1.807, 2.05) is 0 Å². The van der Waals surface area contributed by atoms with Crippen molar-refractivity contribution in [2.75, 3.05) is 13.4 Å². The van der Waals surface area contributed by atoms with Crippen LogP contribution in [0.15, 0.2) is 30.9 Å². The van der Waals surface area contributed by atoms with E-state index in [-0.39, 0.29) is 19.8 Å². The van der Waals surface area contributed by atoms with Gasteiger partial charge in [0, 0.05) is 0 Å². The lowest BCUT2D eigenvalue weighted by atomic mass is 9.99. The van der Waals surface area contributed by atoms with Gasteiger partial charge in [0.05, 0.1) is 6.04 Å². The Labute approximate surface area is 163 Å². The number of ether oxygens (including phenoxy) is 4. The van der Waals surface area contributed by atoms with Crippen LogP contribution in [-0.2, 0) is 19.1 Å². The van der Waals surface area contributed by atoms with Gasteiger partial charge in [0.15, 0.2) is 11.5 Å². The first kappa shape index (κ1) is 19.7. The zero-order chi connectivity index (χ0) is 20.5. The number of imide groups is 1. The molecule has 2 aliphatic heterocycles. The number of benzene rings is 1. The van der Waals surface area contributed by atoms with Crippen LogP contribution in [0.2, 0.25) is 0 Å². The van der Waals surface area contributed by atoms with Crippen molar-refractivity contribution in [3.05, 3.63) is 36.4 Å². The zero-order valence-electron chi connectivity index (χ0n) is 16.1. The fraction of sp³-hybridized carbons (Fsp3) is 0.450. The maximum absolute atomic E-state index is 12.9. The molecule has 0 N–H and O–H groups in total. The molecule has 2 heterocycles. The van der Waals surface area contributed by atoms with Gasteiger partial charge in [0.2, 0.25) is 12.7 Å². The van der Waals surface area contributed by atoms with Crippen LogP contribution in [0, 0.1) is 5.92 Å². The second kappa shape index (κ2) is 7.53. The molecule has 3 rings (SSSR count). The quantitative estimate of drug-likeness (QED) is 0.444. The Hall–Kier alpha value is -3.03. The Bertz CT molecular complexity index is 811. The van der Waals surface area contributed by atoms with Gasteiger partial charge < -0.3 is 18.9 Å². The molecule has 1 aromatic rings. The Kier molecular flexibility index (Phi) is 5.31. The topological polar surface area (TPSA) is 91.4 Å². The van der Waals surface area contributed by atoms with Crippen molar-refractivity contribution in [3.63, 3.8) is 0 Å². The molecule has 0 saturated carbocycles. The van der Waals surface area contributed by atoms with E-state index in [2.05, 4.69) is 6.58 Å². The number of rotatable bonds is 4. The molecule has 1 unspecified atom stereocenters. The lowest BCUT2D eigenvalue weighted by Gasteiger charge is -2.27. The molecule has 8 nitrogen and oxygen atoms in total. The summed E-state index contributed by atoms with van der Waals surface area (Å²) in [5.74, 6) is -1.33. The van der Waals surface area contributed by atoms with Crippen LogP contribution in [0.5, 0.6) is 11.5 Å². The first-order valence-corrected chi connectivity index (χ1v) is 8.94. The average Bonchev–Trinajstić information content (AvgIpc) is 3.21. The second-order valence-corrected chi connectivity index (χ2v) is 7.52. The second-order valence-electron chi connectivity index (χ2n) is 7.52. The predicted molar refractivity (Wildman–Crippen MR) is 97.6 cm³/mol. The molecule has 1 aromatic carbocycles. The Morgan fingerprint density at radius 3 is 2.68 bits per heavy atom. The minimum absolute atomic E-state index is 0.0102. The number of carbonyl (C=O) groups is 3. The average molecular weight is 389 g/mol. The summed E-state index contributed by atoms with van der Waals surface area (Å²) in [6.07, 6.45) is 0.700. The molecule has 2 atom stereocenters. The van der Waals surface area contributed by atoms with Crippen molar-refractivity contribution in [2.24, 2.45) is 5.92 Å². The summed E-state index contributed by atoms with van der Waals surface area (Å²) in [7, 11) is 0. The molecule has 0 aliphatic carbocycles. The monoisotopic (exact) mass is 389 g/mol. The Morgan fingerprint density at radius 2 is 2.00 bits per heavy atom. The van der Waals surface area contributed by atoms with Gasteiger partial charge in [0.1, 0.15) is 18.1 Å². The number of amides is 2. The molecule has 2 amide bonds. The molecule has 1 fully saturated rings. The van der Waals surface area contributed by atoms with E-state index in [4.69, 9.17) is 18.9 Å². The summed E-state index contributed by atoms with van der Waals surface area (Å²) >= 11 is 0. The Balaban J connectivity index is 1.92. The molecule has 0 spiro atoms. The van der Waals surface area contributed by atoms with Crippen molar-refractivity contribution >= 4 is 18.0 Å². The maximum Gasteiger partial charge on any atom is 0.417 e. The van der Waals surface area contributed by atoms with Crippen molar-refractivity contribution in [2.45, 2.75) is 38.8 Å². The van der Waals surface area contributed by atoms with Crippen LogP contribution >= 0.6 is 0 Å². The van der Waals surface area contributed by atoms with Crippen LogP contribution < -0.4 is 9.47 Å². The molecule has 8 heteroatoms. The lowest BCUT2D eigenvalue weighted by Crippen LogP contribution is -2.40. The summed E-state index contributed by atoms with van der Waals surface area (Å²) in [5.41, 5.74) is -0.152. The van der Waals surface area contributed by atoms with E-state index < -0.39 is 35.5 Å². The molecular formula is C20H23NO7. The van der Waals surface area contributed by atoms with Gasteiger partial charge in [-0.1, -0.05) is 18.7 Å². The van der Waals surface area contributed by atoms with Gasteiger partial charge in [-0.15, -0.1) is 0 Å². The SMILES string of the molecule is C=CCOC(=O)C1C[C@H](c2ccc3c(c2)OCO3)N(C(=O)OC(C)(C)C)C1=O. The third-order valence-corrected chi connectivity index (χ3v) is 4.31. The number of esters is 1. The first-order valence-electron chi connectivity index (χ1n) is 8.94. The van der Waals surface area contributed by atoms with Gasteiger partial charge in [0.25, 0.3) is 0 Å². The van der Waals surface area contributed by atoms with Gasteiger partial charge in [-0.3, -0.25) is 9.59 Å². The summed E-state index contributed by atoms with van der Waals surface area (Å²) in [4.78, 5) is 38.9. The van der Waals surface area contributed by atoms with E-state index in [0.717, 1.165) is 4.90 Å². The van der Waals surface area contributed by atoms with E-state index in [0.29, 0.717) is 17.1 Å². The van der Waals surface area contributed by atoms with Gasteiger partial charge in [-0.2, -0.15) is 0 Å². The predicted octanol–water partition coefficient (Wildman–Crippen LogP) is 2.97. The van der Waals surface area contributed by atoms with Crippen LogP contribution in [0.4, 0.5) is 4.79 Å². The van der Waals surface area contributed by atoms with Crippen molar-refractivity contribution in [1.29, 1.82) is 0 Å². The van der Waals surface area contributed by atoms with E-state index in [1.54, 1.807) is 39.0 Å². The number of fused-ring (bicyclic) bond motifs is 1. The molecule has 2 aliphatic rings. The summed E-state index contributed by atoms with van der Waals surface area (Å²) < 4.78 is 21.1. The number of hydrogen-bond acceptors (Lipinski definition) is 7. The highest BCUT2D eigenvalue weighted by Gasteiger charge is 2.49. The lowest BCUT2D eigenvalue weighted by molar-refractivity contribution is -0.151. The number of likely N-dealkylation sites (tertiary alicyclic amines) is 1. The maximum atomic E-state index is 12.9. The standard InChI is InChI=1S/C20H23NO7/c1-5-8-25-18(23)13-10-14(12-6-7-15-16(9-12)27-11-26-15)21(17(13)22)19(24)28-20(2,3)4/h5-7,9,13-14H,1,8,10-11H2,2-4H3/t13?,14-/m1/s1. The van der Waals surface area contributed by atoms with Crippen LogP contribution in [-0.4, -0.2) is 41.9 Å². The number of hydrogen-bond donors (Lipinski definition) is 0.